The molecule has 0 saturated carbocycles. The molecule has 0 saturated heterocycles. The number of halogens is 2. The molecule has 0 spiro atoms. The van der Waals surface area contributed by atoms with Crippen LogP contribution in [0, 0.1) is 17.1 Å². The van der Waals surface area contributed by atoms with Crippen molar-refractivity contribution in [1.29, 1.82) is 5.26 Å². The minimum atomic E-state index is -0.277. The summed E-state index contributed by atoms with van der Waals surface area (Å²) in [6.45, 7) is 0.342. The van der Waals surface area contributed by atoms with Gasteiger partial charge in [-0.15, -0.1) is 0 Å². The summed E-state index contributed by atoms with van der Waals surface area (Å²) in [4.78, 5) is 4.33. The maximum Gasteiger partial charge on any atom is 0.193 e. The number of hydrogen-bond acceptors (Lipinski definition) is 5. The molecule has 4 aromatic rings. The van der Waals surface area contributed by atoms with Gasteiger partial charge in [0.2, 0.25) is 0 Å². The molecule has 0 atom stereocenters. The second kappa shape index (κ2) is 9.77. The van der Waals surface area contributed by atoms with Crippen molar-refractivity contribution in [2.75, 3.05) is 5.32 Å². The van der Waals surface area contributed by atoms with Gasteiger partial charge in [0.25, 0.3) is 0 Å². The number of nitrogens with one attached hydrogen (secondary N) is 2. The molecule has 158 valence electrons. The molecule has 32 heavy (non-hydrogen) atoms. The van der Waals surface area contributed by atoms with Crippen LogP contribution in [-0.2, 0) is 6.61 Å². The Hall–Kier alpha value is -4.15. The van der Waals surface area contributed by atoms with E-state index in [9.17, 15) is 9.65 Å². The summed E-state index contributed by atoms with van der Waals surface area (Å²) in [6.07, 6.45) is 1.62. The van der Waals surface area contributed by atoms with E-state index in [-0.39, 0.29) is 11.6 Å². The zero-order chi connectivity index (χ0) is 22.3. The Morgan fingerprint density at radius 2 is 1.91 bits per heavy atom. The minimum Gasteiger partial charge on any atom is -0.489 e. The lowest BCUT2D eigenvalue weighted by atomic mass is 10.2. The number of aromatic amines is 1. The van der Waals surface area contributed by atoms with E-state index < -0.39 is 0 Å². The van der Waals surface area contributed by atoms with Gasteiger partial charge in [0, 0.05) is 16.9 Å². The number of nitriles is 1. The molecule has 0 aliphatic rings. The lowest BCUT2D eigenvalue weighted by molar-refractivity contribution is 0.306. The van der Waals surface area contributed by atoms with Crippen molar-refractivity contribution in [2.45, 2.75) is 6.61 Å². The lowest BCUT2D eigenvalue weighted by Gasteiger charge is -2.06. The van der Waals surface area contributed by atoms with Crippen LogP contribution in [0.2, 0.25) is 5.02 Å². The van der Waals surface area contributed by atoms with Gasteiger partial charge in [0.05, 0.1) is 0 Å². The van der Waals surface area contributed by atoms with Crippen LogP contribution in [0.4, 0.5) is 21.7 Å². The molecule has 0 fully saturated rings. The highest BCUT2D eigenvalue weighted by molar-refractivity contribution is 6.30. The average Bonchev–Trinajstić information content (AvgIpc) is 3.19. The molecule has 0 unspecified atom stereocenters. The number of rotatable bonds is 7. The third-order valence-corrected chi connectivity index (χ3v) is 4.72. The van der Waals surface area contributed by atoms with E-state index in [2.05, 4.69) is 26.6 Å². The first-order chi connectivity index (χ1) is 15.6. The highest BCUT2D eigenvalue weighted by atomic mass is 35.5. The molecule has 4 rings (SSSR count). The summed E-state index contributed by atoms with van der Waals surface area (Å²) < 4.78 is 18.7. The predicted octanol–water partition coefficient (Wildman–Crippen LogP) is 6.15. The summed E-state index contributed by atoms with van der Waals surface area (Å²) in [6, 6.07) is 22.7. The van der Waals surface area contributed by atoms with E-state index in [1.807, 2.05) is 30.3 Å². The molecule has 3 aromatic carbocycles. The zero-order valence-corrected chi connectivity index (χ0v) is 17.5. The second-order valence-corrected chi connectivity index (χ2v) is 7.22. The number of benzene rings is 3. The van der Waals surface area contributed by atoms with Crippen LogP contribution in [0.1, 0.15) is 16.7 Å². The fourth-order valence-corrected chi connectivity index (χ4v) is 3.06. The quantitative estimate of drug-likeness (QED) is 0.334. The van der Waals surface area contributed by atoms with Crippen molar-refractivity contribution in [2.24, 2.45) is 4.99 Å². The second-order valence-electron chi connectivity index (χ2n) is 6.79. The van der Waals surface area contributed by atoms with Crippen LogP contribution in [0.25, 0.3) is 0 Å². The Balaban J connectivity index is 1.41. The van der Waals surface area contributed by atoms with Gasteiger partial charge < -0.3 is 10.1 Å². The first-order valence-corrected chi connectivity index (χ1v) is 10.0. The van der Waals surface area contributed by atoms with Crippen molar-refractivity contribution in [1.82, 2.24) is 10.2 Å². The number of aromatic nitrogens is 2. The first-order valence-electron chi connectivity index (χ1n) is 9.63. The number of anilines is 2. The summed E-state index contributed by atoms with van der Waals surface area (Å²) in [5.41, 5.74) is 2.71. The summed E-state index contributed by atoms with van der Waals surface area (Å²) in [5.74, 6) is 1.11. The standard InChI is InChI=1S/C24H17ClFN5O/c25-18-2-1-3-20(12-18)29-24-22(13-27)23(30-31-24)28-14-16-6-10-21(11-7-16)32-15-17-4-8-19(26)9-5-17/h1-12,14H,15H2,(H2,29,30,31). The smallest absolute Gasteiger partial charge is 0.193 e. The average molecular weight is 446 g/mol. The number of hydrogen-bond donors (Lipinski definition) is 2. The summed E-state index contributed by atoms with van der Waals surface area (Å²) in [5, 5.41) is 20.1. The van der Waals surface area contributed by atoms with Crippen LogP contribution in [0.15, 0.2) is 77.8 Å². The fraction of sp³-hybridized carbons (Fsp3) is 0.0417. The molecule has 8 heteroatoms. The molecule has 1 heterocycles. The number of nitrogens with zero attached hydrogens (tertiary/aromatic N) is 3. The van der Waals surface area contributed by atoms with Crippen molar-refractivity contribution in [3.63, 3.8) is 0 Å². The van der Waals surface area contributed by atoms with Gasteiger partial charge in [-0.3, -0.25) is 5.10 Å². The van der Waals surface area contributed by atoms with Gasteiger partial charge >= 0.3 is 0 Å². The van der Waals surface area contributed by atoms with Crippen molar-refractivity contribution < 1.29 is 9.13 Å². The normalized spacial score (nSPS) is 10.8. The van der Waals surface area contributed by atoms with E-state index in [0.29, 0.717) is 28.8 Å². The molecule has 0 amide bonds. The molecule has 0 bridgehead atoms. The van der Waals surface area contributed by atoms with Crippen LogP contribution >= 0.6 is 11.6 Å². The molecule has 6 nitrogen and oxygen atoms in total. The molecule has 2 N–H and O–H groups in total. The van der Waals surface area contributed by atoms with Crippen LogP contribution in [0.3, 0.4) is 0 Å². The summed E-state index contributed by atoms with van der Waals surface area (Å²) >= 11 is 6.00. The van der Waals surface area contributed by atoms with Gasteiger partial charge in [-0.2, -0.15) is 10.4 Å². The first kappa shape index (κ1) is 21.1. The predicted molar refractivity (Wildman–Crippen MR) is 122 cm³/mol. The Kier molecular flexibility index (Phi) is 6.44. The van der Waals surface area contributed by atoms with Crippen LogP contribution < -0.4 is 10.1 Å². The Bertz CT molecular complexity index is 1280. The molecule has 1 aromatic heterocycles. The number of H-pyrrole nitrogens is 1. The third kappa shape index (κ3) is 5.31. The van der Waals surface area contributed by atoms with Crippen molar-refractivity contribution in [3.8, 4) is 11.8 Å². The van der Waals surface area contributed by atoms with Gasteiger partial charge in [0.15, 0.2) is 5.82 Å². The molecule has 0 radical (unpaired) electrons. The van der Waals surface area contributed by atoms with Crippen molar-refractivity contribution in [3.05, 3.63) is 100 Å². The topological polar surface area (TPSA) is 86.1 Å². The zero-order valence-electron chi connectivity index (χ0n) is 16.7. The van der Waals surface area contributed by atoms with Gasteiger partial charge in [0.1, 0.15) is 35.6 Å². The van der Waals surface area contributed by atoms with Crippen molar-refractivity contribution >= 4 is 35.1 Å². The maximum absolute atomic E-state index is 13.0. The summed E-state index contributed by atoms with van der Waals surface area (Å²) in [7, 11) is 0. The Morgan fingerprint density at radius 1 is 1.12 bits per heavy atom. The molecular formula is C24H17ClFN5O. The van der Waals surface area contributed by atoms with E-state index >= 15 is 0 Å². The molecular weight excluding hydrogens is 429 g/mol. The fourth-order valence-electron chi connectivity index (χ4n) is 2.87. The SMILES string of the molecule is N#Cc1c(N=Cc2ccc(OCc3ccc(F)cc3)cc2)n[nH]c1Nc1cccc(Cl)c1. The maximum atomic E-state index is 13.0. The van der Waals surface area contributed by atoms with Gasteiger partial charge in [-0.25, -0.2) is 9.38 Å². The highest BCUT2D eigenvalue weighted by Crippen LogP contribution is 2.27. The van der Waals surface area contributed by atoms with Gasteiger partial charge in [-0.1, -0.05) is 29.8 Å². The van der Waals surface area contributed by atoms with E-state index in [0.717, 1.165) is 16.8 Å². The van der Waals surface area contributed by atoms with E-state index in [1.165, 1.54) is 12.1 Å². The Morgan fingerprint density at radius 3 is 2.62 bits per heavy atom. The minimum absolute atomic E-state index is 0.272. The van der Waals surface area contributed by atoms with E-state index in [4.69, 9.17) is 16.3 Å². The number of aliphatic imine (C=N–C) groups is 1. The Labute approximate surface area is 189 Å². The monoisotopic (exact) mass is 445 g/mol. The van der Waals surface area contributed by atoms with Gasteiger partial charge in [-0.05, 0) is 65.7 Å². The van der Waals surface area contributed by atoms with Crippen LogP contribution in [0.5, 0.6) is 5.75 Å². The third-order valence-electron chi connectivity index (χ3n) is 4.49. The number of ether oxygens (including phenoxy) is 1. The molecule has 0 aliphatic heterocycles. The van der Waals surface area contributed by atoms with E-state index in [1.54, 1.807) is 36.5 Å². The largest absolute Gasteiger partial charge is 0.489 e. The molecule has 0 aliphatic carbocycles. The van der Waals surface area contributed by atoms with Crippen LogP contribution in [-0.4, -0.2) is 16.4 Å². The lowest BCUT2D eigenvalue weighted by Crippen LogP contribution is -1.95. The highest BCUT2D eigenvalue weighted by Gasteiger charge is 2.12.